The van der Waals surface area contributed by atoms with Gasteiger partial charge < -0.3 is 18.9 Å². The molecule has 2 rings (SSSR count). The van der Waals surface area contributed by atoms with Crippen molar-refractivity contribution in [2.75, 3.05) is 20.8 Å². The maximum atomic E-state index is 12.9. The van der Waals surface area contributed by atoms with Crippen LogP contribution in [0.1, 0.15) is 33.1 Å². The van der Waals surface area contributed by atoms with E-state index >= 15 is 0 Å². The minimum Gasteiger partial charge on any atom is -0.465 e. The van der Waals surface area contributed by atoms with E-state index in [1.165, 1.54) is 7.11 Å². The Morgan fingerprint density at radius 3 is 2.36 bits per heavy atom. The van der Waals surface area contributed by atoms with Crippen molar-refractivity contribution in [2.45, 2.75) is 54.3 Å². The average molecular weight is 462 g/mol. The van der Waals surface area contributed by atoms with Crippen LogP contribution in [0.15, 0.2) is 0 Å². The predicted molar refractivity (Wildman–Crippen MR) is 99.7 cm³/mol. The summed E-state index contributed by atoms with van der Waals surface area (Å²) in [6.07, 6.45) is -0.143. The van der Waals surface area contributed by atoms with Crippen molar-refractivity contribution >= 4 is 52.8 Å². The van der Waals surface area contributed by atoms with Crippen LogP contribution in [0.2, 0.25) is 0 Å². The van der Waals surface area contributed by atoms with Crippen LogP contribution in [0.5, 0.6) is 0 Å². The molecule has 160 valence electrons. The van der Waals surface area contributed by atoms with Gasteiger partial charge in [0.1, 0.15) is 12.1 Å². The zero-order valence-corrected chi connectivity index (χ0v) is 18.2. The Kier molecular flexibility index (Phi) is 6.98. The van der Waals surface area contributed by atoms with Gasteiger partial charge in [-0.1, -0.05) is 41.2 Å². The molecule has 1 aliphatic carbocycles. The monoisotopic (exact) mass is 460 g/mol. The van der Waals surface area contributed by atoms with Gasteiger partial charge in [0.25, 0.3) is 5.72 Å². The van der Waals surface area contributed by atoms with E-state index in [-0.39, 0.29) is 0 Å². The first-order chi connectivity index (χ1) is 12.9. The number of esters is 2. The van der Waals surface area contributed by atoms with Gasteiger partial charge in [0, 0.05) is 7.11 Å². The highest BCUT2D eigenvalue weighted by atomic mass is 35.6. The molecule has 0 spiro atoms. The normalized spacial score (nSPS) is 29.6. The molecule has 2 fully saturated rings. The molecule has 0 bridgehead atoms. The fraction of sp³-hybridized carbons (Fsp3) is 0.812. The summed E-state index contributed by atoms with van der Waals surface area (Å²) in [5.74, 6) is -2.25. The zero-order valence-electron chi connectivity index (χ0n) is 15.9. The molecule has 0 radical (unpaired) electrons. The molecule has 0 aromatic heterocycles. The number of nitrogens with one attached hydrogen (secondary N) is 1. The fourth-order valence-electron chi connectivity index (χ4n) is 3.80. The molecule has 12 heteroatoms. The predicted octanol–water partition coefficient (Wildman–Crippen LogP) is 2.32. The van der Waals surface area contributed by atoms with Gasteiger partial charge in [0.2, 0.25) is 3.79 Å². The first-order valence-electron chi connectivity index (χ1n) is 8.60. The van der Waals surface area contributed by atoms with Gasteiger partial charge in [-0.2, -0.15) is 5.01 Å². The first kappa shape index (κ1) is 23.3. The molecule has 0 aromatic carbocycles. The molecule has 0 unspecified atom stereocenters. The van der Waals surface area contributed by atoms with Crippen molar-refractivity contribution in [3.8, 4) is 0 Å². The highest BCUT2D eigenvalue weighted by molar-refractivity contribution is 6.67. The second-order valence-corrected chi connectivity index (χ2v) is 9.40. The van der Waals surface area contributed by atoms with Crippen LogP contribution in [-0.4, -0.2) is 65.0 Å². The highest BCUT2D eigenvalue weighted by Gasteiger charge is 2.73. The van der Waals surface area contributed by atoms with E-state index in [2.05, 4.69) is 5.43 Å². The number of methoxy groups -OCH3 is 2. The molecule has 1 heterocycles. The SMILES string of the molecule is COC(=O)[C@]1(OC)[C@H]2CCC[C@@]2(C(=O)OC(C)C)NN1C(=O)OCC(Cl)(Cl)Cl. The number of hydrazine groups is 1. The Morgan fingerprint density at radius 2 is 1.86 bits per heavy atom. The van der Waals surface area contributed by atoms with Crippen LogP contribution in [0.4, 0.5) is 4.79 Å². The minimum atomic E-state index is -1.95. The number of ether oxygens (including phenoxy) is 4. The fourth-order valence-corrected chi connectivity index (χ4v) is 3.97. The van der Waals surface area contributed by atoms with E-state index in [4.69, 9.17) is 53.8 Å². The molecule has 0 aromatic rings. The van der Waals surface area contributed by atoms with Crippen molar-refractivity contribution < 1.29 is 33.3 Å². The van der Waals surface area contributed by atoms with E-state index in [9.17, 15) is 14.4 Å². The van der Waals surface area contributed by atoms with Crippen molar-refractivity contribution in [3.05, 3.63) is 0 Å². The van der Waals surface area contributed by atoms with Gasteiger partial charge in [-0.25, -0.2) is 19.8 Å². The lowest BCUT2D eigenvalue weighted by Crippen LogP contribution is -2.61. The standard InChI is InChI=1S/C16H23Cl3N2O7/c1-9(2)28-11(22)14-7-5-6-10(14)16(26-4,12(23)25-3)21(20-14)13(24)27-8-15(17,18)19/h9-10,20H,5-8H2,1-4H3/t10-,14+,16+/m0/s1. The van der Waals surface area contributed by atoms with Crippen LogP contribution in [0, 0.1) is 5.92 Å². The number of carbonyl (C=O) groups excluding carboxylic acids is 3. The van der Waals surface area contributed by atoms with Crippen molar-refractivity contribution in [1.29, 1.82) is 0 Å². The third-order valence-corrected chi connectivity index (χ3v) is 5.14. The van der Waals surface area contributed by atoms with Gasteiger partial charge in [0.15, 0.2) is 0 Å². The summed E-state index contributed by atoms with van der Waals surface area (Å²) in [5.41, 5.74) is -0.526. The molecule has 1 N–H and O–H groups in total. The smallest absolute Gasteiger partial charge is 0.427 e. The molecule has 28 heavy (non-hydrogen) atoms. The number of amides is 1. The van der Waals surface area contributed by atoms with E-state index in [0.717, 1.165) is 12.1 Å². The van der Waals surface area contributed by atoms with Crippen LogP contribution in [0.25, 0.3) is 0 Å². The Morgan fingerprint density at radius 1 is 1.21 bits per heavy atom. The number of carbonyl (C=O) groups is 3. The van der Waals surface area contributed by atoms with E-state index in [1.54, 1.807) is 13.8 Å². The summed E-state index contributed by atoms with van der Waals surface area (Å²) in [7, 11) is 2.38. The number of halogens is 3. The second-order valence-electron chi connectivity index (χ2n) is 6.88. The van der Waals surface area contributed by atoms with E-state index in [1.807, 2.05) is 0 Å². The van der Waals surface area contributed by atoms with Gasteiger partial charge in [0.05, 0.1) is 19.1 Å². The zero-order chi connectivity index (χ0) is 21.3. The van der Waals surface area contributed by atoms with Crippen molar-refractivity contribution in [2.24, 2.45) is 5.92 Å². The van der Waals surface area contributed by atoms with Crippen LogP contribution >= 0.6 is 34.8 Å². The van der Waals surface area contributed by atoms with Gasteiger partial charge in [-0.05, 0) is 26.7 Å². The second kappa shape index (κ2) is 8.39. The lowest BCUT2D eigenvalue weighted by Gasteiger charge is -2.35. The highest BCUT2D eigenvalue weighted by Crippen LogP contribution is 2.51. The molecule has 9 nitrogen and oxygen atoms in total. The minimum absolute atomic E-state index is 0.319. The molecular weight excluding hydrogens is 439 g/mol. The Balaban J connectivity index is 2.46. The summed E-state index contributed by atoms with van der Waals surface area (Å²) in [6.45, 7) is 2.82. The summed E-state index contributed by atoms with van der Waals surface area (Å²) < 4.78 is 18.9. The van der Waals surface area contributed by atoms with Crippen molar-refractivity contribution in [1.82, 2.24) is 10.4 Å². The lowest BCUT2D eigenvalue weighted by atomic mass is 9.81. The van der Waals surface area contributed by atoms with E-state index < -0.39 is 51.7 Å². The summed E-state index contributed by atoms with van der Waals surface area (Å²) in [5, 5.41) is 0.792. The Hall–Kier alpha value is -1.00. The van der Waals surface area contributed by atoms with Gasteiger partial charge in [-0.15, -0.1) is 0 Å². The molecular formula is C16H23Cl3N2O7. The third kappa shape index (κ3) is 4.00. The first-order valence-corrected chi connectivity index (χ1v) is 9.74. The maximum Gasteiger partial charge on any atom is 0.427 e. The Labute approximate surface area is 177 Å². The van der Waals surface area contributed by atoms with Crippen LogP contribution in [0.3, 0.4) is 0 Å². The number of fused-ring (bicyclic) bond motifs is 1. The number of rotatable bonds is 5. The molecule has 1 saturated heterocycles. The summed E-state index contributed by atoms with van der Waals surface area (Å²) >= 11 is 16.9. The number of nitrogens with zero attached hydrogens (tertiary/aromatic N) is 1. The average Bonchev–Trinajstić information content (AvgIpc) is 3.14. The lowest BCUT2D eigenvalue weighted by molar-refractivity contribution is -0.195. The molecule has 1 saturated carbocycles. The van der Waals surface area contributed by atoms with Gasteiger partial charge >= 0.3 is 18.0 Å². The molecule has 2 aliphatic rings. The van der Waals surface area contributed by atoms with Crippen LogP contribution in [-0.2, 0) is 28.5 Å². The molecule has 1 aliphatic heterocycles. The summed E-state index contributed by atoms with van der Waals surface area (Å²) in [4.78, 5) is 38.4. The van der Waals surface area contributed by atoms with Gasteiger partial charge in [-0.3, -0.25) is 0 Å². The molecule has 3 atom stereocenters. The van der Waals surface area contributed by atoms with Crippen LogP contribution < -0.4 is 5.43 Å². The number of hydrogen-bond donors (Lipinski definition) is 1. The topological polar surface area (TPSA) is 103 Å². The summed E-state index contributed by atoms with van der Waals surface area (Å²) in [6, 6.07) is 0. The third-order valence-electron chi connectivity index (χ3n) is 4.81. The largest absolute Gasteiger partial charge is 0.465 e. The quantitative estimate of drug-likeness (QED) is 0.378. The van der Waals surface area contributed by atoms with Crippen molar-refractivity contribution in [3.63, 3.8) is 0 Å². The maximum absolute atomic E-state index is 12.9. The molecule has 1 amide bonds. The van der Waals surface area contributed by atoms with E-state index in [0.29, 0.717) is 19.3 Å². The number of hydrogen-bond acceptors (Lipinski definition) is 8. The Bertz CT molecular complexity index is 642. The number of alkyl halides is 3.